The van der Waals surface area contributed by atoms with Gasteiger partial charge in [-0.3, -0.25) is 24.1 Å². The van der Waals surface area contributed by atoms with Crippen molar-refractivity contribution in [2.45, 2.75) is 239 Å². The van der Waals surface area contributed by atoms with Crippen LogP contribution in [0.2, 0.25) is 0 Å². The number of carbonyl (C=O) groups is 4. The molecule has 0 aromatic heterocycles. The number of carbonyl (C=O) groups excluding carboxylic acids is 4. The summed E-state index contributed by atoms with van der Waals surface area (Å²) in [6.45, 7) is 42.4. The molecule has 0 radical (unpaired) electrons. The summed E-state index contributed by atoms with van der Waals surface area (Å²) in [5.74, 6) is 8.76. The predicted octanol–water partition coefficient (Wildman–Crippen LogP) is 9.46. The average molecular weight is 1210 g/mol. The molecule has 0 unspecified atom stereocenters. The van der Waals surface area contributed by atoms with E-state index in [9.17, 15) is 19.2 Å². The summed E-state index contributed by atoms with van der Waals surface area (Å²) in [6, 6.07) is 0. The number of ether oxygens (including phenoxy) is 4. The third-order valence-electron chi connectivity index (χ3n) is 15.7. The standard InChI is InChI=1S/C20H39NO2.C16H30O2.2C12H21BrO2.2Na.2H2O/c1-14(2)11-21(12-15(3)4)13-20(22)23-19-10-17(7)8-9-18(19)16(5)6;1-11(2)6-9-16(17)18-15-10-13(5)7-8-14(15)12(3)4;2*1-8(2)10-5-4-9(3)6-11(10)15-12(14)7-13;;;;/h14-19H,8-13H2,1-7H3;11-15H,6-10H2,1-5H3;2*8-11H,4-7H2,1-3H3;;;2*1H2/q;;;;2*+1;;/p-2/t17-,18+,19-;13-,14+,15-;2*9-,10+,11-;;;;/m1111..../s1. The van der Waals surface area contributed by atoms with Crippen molar-refractivity contribution < 1.29 is 108 Å². The fraction of sp³-hybridized carbons (Fsp3) is 0.933. The van der Waals surface area contributed by atoms with Crippen molar-refractivity contribution in [3.63, 3.8) is 0 Å². The van der Waals surface area contributed by atoms with E-state index in [0.717, 1.165) is 45.2 Å². The first kappa shape index (κ1) is 82.2. The molecule has 15 heteroatoms. The third-order valence-corrected chi connectivity index (χ3v) is 16.6. The second-order valence-corrected chi connectivity index (χ2v) is 26.7. The molecule has 4 fully saturated rings. The summed E-state index contributed by atoms with van der Waals surface area (Å²) in [4.78, 5) is 49.2. The van der Waals surface area contributed by atoms with Gasteiger partial charge >= 0.3 is 83.0 Å². The van der Waals surface area contributed by atoms with Crippen molar-refractivity contribution in [3.05, 3.63) is 0 Å². The topological polar surface area (TPSA) is 168 Å². The Morgan fingerprint density at radius 3 is 0.893 bits per heavy atom. The van der Waals surface area contributed by atoms with Crippen molar-refractivity contribution in [3.8, 4) is 0 Å². The van der Waals surface area contributed by atoms with Gasteiger partial charge < -0.3 is 29.9 Å². The van der Waals surface area contributed by atoms with E-state index in [1.807, 2.05) is 0 Å². The molecule has 0 heterocycles. The first-order chi connectivity index (χ1) is 33.2. The molecule has 0 aromatic rings. The summed E-state index contributed by atoms with van der Waals surface area (Å²) < 4.78 is 22.7. The van der Waals surface area contributed by atoms with E-state index in [1.165, 1.54) is 51.4 Å². The van der Waals surface area contributed by atoms with Gasteiger partial charge in [0.1, 0.15) is 35.1 Å². The summed E-state index contributed by atoms with van der Waals surface area (Å²) in [7, 11) is 0. The minimum Gasteiger partial charge on any atom is -0.870 e. The van der Waals surface area contributed by atoms with E-state index >= 15 is 0 Å². The van der Waals surface area contributed by atoms with Gasteiger partial charge in [0.15, 0.2) is 0 Å². The van der Waals surface area contributed by atoms with E-state index in [1.54, 1.807) is 0 Å². The molecule has 0 saturated heterocycles. The summed E-state index contributed by atoms with van der Waals surface area (Å²) in [6.07, 6.45) is 16.1. The summed E-state index contributed by atoms with van der Waals surface area (Å²) in [5.41, 5.74) is 0. The molecule has 2 N–H and O–H groups in total. The van der Waals surface area contributed by atoms with E-state index in [2.05, 4.69) is 161 Å². The molecule has 0 spiro atoms. The number of nitrogens with zero attached hydrogens (tertiary/aromatic N) is 1. The Balaban J connectivity index is -0.000000447. The fourth-order valence-corrected chi connectivity index (χ4v) is 11.9. The van der Waals surface area contributed by atoms with Crippen LogP contribution in [0.3, 0.4) is 0 Å². The van der Waals surface area contributed by atoms with E-state index in [-0.39, 0.29) is 118 Å². The Kier molecular flexibility index (Phi) is 48.6. The Morgan fingerprint density at radius 2 is 0.667 bits per heavy atom. The molecule has 75 heavy (non-hydrogen) atoms. The van der Waals surface area contributed by atoms with Crippen molar-refractivity contribution in [2.24, 2.45) is 88.8 Å². The van der Waals surface area contributed by atoms with Crippen LogP contribution >= 0.6 is 31.9 Å². The number of rotatable bonds is 19. The van der Waals surface area contributed by atoms with Crippen molar-refractivity contribution in [1.29, 1.82) is 0 Å². The summed E-state index contributed by atoms with van der Waals surface area (Å²) in [5, 5.41) is 0.616. The van der Waals surface area contributed by atoms with E-state index in [4.69, 9.17) is 18.9 Å². The van der Waals surface area contributed by atoms with Crippen molar-refractivity contribution in [2.75, 3.05) is 30.3 Å². The SMILES string of the molecule is CC(C)CCC(=O)O[C@@H]1C[C@H](C)CC[C@H]1C(C)C.CC(C)CN(CC(=O)O[C@@H]1C[C@H](C)CC[C@H]1C(C)C)CC(C)C.CC(C)[C@@H]1CC[C@@H](C)C[C@H]1OC(=O)CBr.CC(C)[C@@H]1CC[C@@H](C)C[C@H]1OC(=O)CBr.[Na+].[Na+].[OH-].[OH-]. The van der Waals surface area contributed by atoms with Gasteiger partial charge in [-0.1, -0.05) is 182 Å². The number of esters is 4. The Morgan fingerprint density at radius 1 is 0.413 bits per heavy atom. The van der Waals surface area contributed by atoms with Gasteiger partial charge in [-0.15, -0.1) is 0 Å². The molecule has 4 saturated carbocycles. The molecular weight excluding hydrogens is 1100 g/mol. The maximum Gasteiger partial charge on any atom is 1.00 e. The maximum absolute atomic E-state index is 12.5. The van der Waals surface area contributed by atoms with Crippen LogP contribution in [-0.4, -0.2) is 94.4 Å². The van der Waals surface area contributed by atoms with Crippen LogP contribution < -0.4 is 59.1 Å². The molecule has 0 aliphatic heterocycles. The normalized spacial score (nSPS) is 27.4. The van der Waals surface area contributed by atoms with Crippen LogP contribution in [0.1, 0.15) is 215 Å². The largest absolute Gasteiger partial charge is 1.00 e. The average Bonchev–Trinajstić information content (AvgIpc) is 3.25. The first-order valence-corrected chi connectivity index (χ1v) is 31.0. The van der Waals surface area contributed by atoms with Gasteiger partial charge in [0, 0.05) is 19.5 Å². The van der Waals surface area contributed by atoms with Gasteiger partial charge in [-0.25, -0.2) is 0 Å². The number of hydrogen-bond acceptors (Lipinski definition) is 11. The van der Waals surface area contributed by atoms with Gasteiger partial charge in [-0.2, -0.15) is 0 Å². The maximum atomic E-state index is 12.5. The predicted molar refractivity (Wildman–Crippen MR) is 307 cm³/mol. The second kappa shape index (κ2) is 44.3. The van der Waals surface area contributed by atoms with Gasteiger partial charge in [0.05, 0.1) is 6.54 Å². The fourth-order valence-electron chi connectivity index (χ4n) is 11.7. The molecule has 4 aliphatic carbocycles. The van der Waals surface area contributed by atoms with Crippen LogP contribution in [0, 0.1) is 88.8 Å². The van der Waals surface area contributed by atoms with Crippen LogP contribution in [0.4, 0.5) is 0 Å². The number of alkyl halides is 2. The van der Waals surface area contributed by atoms with Crippen molar-refractivity contribution >= 4 is 55.7 Å². The molecule has 0 bridgehead atoms. The van der Waals surface area contributed by atoms with E-state index in [0.29, 0.717) is 112 Å². The zero-order chi connectivity index (χ0) is 54.1. The van der Waals surface area contributed by atoms with Crippen LogP contribution in [0.5, 0.6) is 0 Å². The zero-order valence-electron chi connectivity index (χ0n) is 51.8. The van der Waals surface area contributed by atoms with Gasteiger partial charge in [0.25, 0.3) is 0 Å². The van der Waals surface area contributed by atoms with E-state index < -0.39 is 0 Å². The molecule has 11 nitrogen and oxygen atoms in total. The number of halogens is 2. The Labute approximate surface area is 522 Å². The first-order valence-electron chi connectivity index (χ1n) is 28.8. The molecule has 4 aliphatic rings. The third kappa shape index (κ3) is 35.4. The molecule has 12 atom stereocenters. The minimum absolute atomic E-state index is 0. The number of hydrogen-bond donors (Lipinski definition) is 0. The van der Waals surface area contributed by atoms with Gasteiger partial charge in [-0.05, 0) is 147 Å². The Hall–Kier alpha value is 0.720. The molecule has 0 amide bonds. The van der Waals surface area contributed by atoms with Crippen LogP contribution in [0.25, 0.3) is 0 Å². The Bertz CT molecular complexity index is 1430. The quantitative estimate of drug-likeness (QED) is 0.0523. The van der Waals surface area contributed by atoms with Crippen LogP contribution in [0.15, 0.2) is 0 Å². The minimum atomic E-state index is -0.125. The van der Waals surface area contributed by atoms with Gasteiger partial charge in [0.2, 0.25) is 0 Å². The molecule has 0 aromatic carbocycles. The molecule has 434 valence electrons. The molecular formula is C60H113Br2NNa2O10. The zero-order valence-corrected chi connectivity index (χ0v) is 58.9. The van der Waals surface area contributed by atoms with Crippen molar-refractivity contribution in [1.82, 2.24) is 4.90 Å². The smallest absolute Gasteiger partial charge is 0.870 e. The monoisotopic (exact) mass is 1210 g/mol. The van der Waals surface area contributed by atoms with Crippen LogP contribution in [-0.2, 0) is 38.1 Å². The second-order valence-electron chi connectivity index (χ2n) is 25.6. The molecule has 4 rings (SSSR count). The summed E-state index contributed by atoms with van der Waals surface area (Å²) >= 11 is 6.28.